The second kappa shape index (κ2) is 5.69. The number of benzene rings is 1. The van der Waals surface area contributed by atoms with Crippen LogP contribution in [0.2, 0.25) is 10.0 Å². The second-order valence-electron chi connectivity index (χ2n) is 3.94. The Labute approximate surface area is 115 Å². The zero-order chi connectivity index (χ0) is 13.1. The summed E-state index contributed by atoms with van der Waals surface area (Å²) < 4.78 is 5.10. The predicted octanol–water partition coefficient (Wildman–Crippen LogP) is 3.38. The van der Waals surface area contributed by atoms with E-state index in [9.17, 15) is 0 Å². The number of halogens is 2. The van der Waals surface area contributed by atoms with Crippen molar-refractivity contribution in [2.75, 3.05) is 0 Å². The van der Waals surface area contributed by atoms with Gasteiger partial charge < -0.3 is 10.3 Å². The van der Waals surface area contributed by atoms with E-state index < -0.39 is 6.04 Å². The van der Waals surface area contributed by atoms with Crippen molar-refractivity contribution in [2.45, 2.75) is 25.8 Å². The second-order valence-corrected chi connectivity index (χ2v) is 4.78. The third-order valence-corrected chi connectivity index (χ3v) is 3.10. The molecule has 0 fully saturated rings. The fourth-order valence-corrected chi connectivity index (χ4v) is 2.02. The molecule has 1 aromatic carbocycles. The highest BCUT2D eigenvalue weighted by atomic mass is 35.5. The summed E-state index contributed by atoms with van der Waals surface area (Å²) in [6.45, 7) is 2.04. The lowest BCUT2D eigenvalue weighted by Gasteiger charge is -2.09. The molecule has 1 aromatic heterocycles. The van der Waals surface area contributed by atoms with Crippen LogP contribution in [-0.2, 0) is 6.42 Å². The van der Waals surface area contributed by atoms with E-state index in [0.717, 1.165) is 12.8 Å². The van der Waals surface area contributed by atoms with Crippen molar-refractivity contribution in [3.63, 3.8) is 0 Å². The predicted molar refractivity (Wildman–Crippen MR) is 70.8 cm³/mol. The lowest BCUT2D eigenvalue weighted by atomic mass is 10.1. The first-order valence-corrected chi connectivity index (χ1v) is 6.40. The molecule has 0 saturated heterocycles. The average Bonchev–Trinajstić information content (AvgIpc) is 2.80. The summed E-state index contributed by atoms with van der Waals surface area (Å²) in [5, 5.41) is 4.98. The van der Waals surface area contributed by atoms with Gasteiger partial charge in [0.1, 0.15) is 0 Å². The maximum absolute atomic E-state index is 6.08. The summed E-state index contributed by atoms with van der Waals surface area (Å²) in [6, 6.07) is 4.58. The number of aromatic nitrogens is 2. The topological polar surface area (TPSA) is 64.9 Å². The number of aryl methyl sites for hydroxylation is 1. The van der Waals surface area contributed by atoms with Gasteiger partial charge in [-0.3, -0.25) is 0 Å². The molecule has 2 N–H and O–H groups in total. The molecule has 0 saturated carbocycles. The van der Waals surface area contributed by atoms with E-state index in [1.54, 1.807) is 18.2 Å². The summed E-state index contributed by atoms with van der Waals surface area (Å²) in [5.74, 6) is 1.00. The van der Waals surface area contributed by atoms with Crippen LogP contribution in [0.3, 0.4) is 0 Å². The van der Waals surface area contributed by atoms with Crippen LogP contribution in [0.25, 0.3) is 0 Å². The standard InChI is InChI=1S/C12H13Cl2N3O/c1-2-3-10-16-12(17-18-10)11(15)8-6-7(13)4-5-9(8)14/h4-6,11H,2-3,15H2,1H3. The monoisotopic (exact) mass is 285 g/mol. The van der Waals surface area contributed by atoms with Crippen LogP contribution in [0, 0.1) is 0 Å². The third-order valence-electron chi connectivity index (χ3n) is 2.52. The van der Waals surface area contributed by atoms with Gasteiger partial charge in [0.2, 0.25) is 5.89 Å². The molecule has 0 radical (unpaired) electrons. The number of rotatable bonds is 4. The van der Waals surface area contributed by atoms with Crippen LogP contribution < -0.4 is 5.73 Å². The van der Waals surface area contributed by atoms with Gasteiger partial charge in [0.25, 0.3) is 0 Å². The van der Waals surface area contributed by atoms with Crippen LogP contribution in [0.15, 0.2) is 22.7 Å². The molecule has 0 bridgehead atoms. The van der Waals surface area contributed by atoms with E-state index >= 15 is 0 Å². The van der Waals surface area contributed by atoms with E-state index in [4.69, 9.17) is 33.5 Å². The van der Waals surface area contributed by atoms with E-state index in [2.05, 4.69) is 10.1 Å². The van der Waals surface area contributed by atoms with Crippen molar-refractivity contribution in [3.05, 3.63) is 45.5 Å². The number of nitrogens with zero attached hydrogens (tertiary/aromatic N) is 2. The molecule has 6 heteroatoms. The summed E-state index contributed by atoms with van der Waals surface area (Å²) in [4.78, 5) is 4.24. The summed E-state index contributed by atoms with van der Waals surface area (Å²) in [6.07, 6.45) is 1.68. The SMILES string of the molecule is CCCc1nc(C(N)c2cc(Cl)ccc2Cl)no1. The summed E-state index contributed by atoms with van der Waals surface area (Å²) in [5.41, 5.74) is 6.76. The molecule has 18 heavy (non-hydrogen) atoms. The van der Waals surface area contributed by atoms with Gasteiger partial charge >= 0.3 is 0 Å². The highest BCUT2D eigenvalue weighted by Gasteiger charge is 2.18. The lowest BCUT2D eigenvalue weighted by molar-refractivity contribution is 0.370. The van der Waals surface area contributed by atoms with Gasteiger partial charge in [-0.25, -0.2) is 0 Å². The van der Waals surface area contributed by atoms with Gasteiger partial charge in [-0.1, -0.05) is 35.3 Å². The summed E-state index contributed by atoms with van der Waals surface area (Å²) in [7, 11) is 0. The molecule has 1 heterocycles. The Bertz CT molecular complexity index is 542. The molecule has 0 amide bonds. The molecule has 4 nitrogen and oxygen atoms in total. The molecule has 1 atom stereocenters. The first-order chi connectivity index (χ1) is 8.61. The van der Waals surface area contributed by atoms with E-state index in [0.29, 0.717) is 27.3 Å². The van der Waals surface area contributed by atoms with Gasteiger partial charge in [0, 0.05) is 16.5 Å². The fourth-order valence-electron chi connectivity index (χ4n) is 1.60. The molecule has 0 aliphatic rings. The van der Waals surface area contributed by atoms with Gasteiger partial charge in [0.15, 0.2) is 5.82 Å². The third kappa shape index (κ3) is 2.83. The van der Waals surface area contributed by atoms with E-state index in [1.807, 2.05) is 6.92 Å². The Morgan fingerprint density at radius 3 is 2.89 bits per heavy atom. The van der Waals surface area contributed by atoms with Crippen LogP contribution in [0.1, 0.15) is 36.7 Å². The highest BCUT2D eigenvalue weighted by Crippen LogP contribution is 2.27. The Morgan fingerprint density at radius 1 is 1.39 bits per heavy atom. The Kier molecular flexibility index (Phi) is 4.22. The normalized spacial score (nSPS) is 12.7. The Hall–Kier alpha value is -1.10. The maximum atomic E-state index is 6.08. The number of hydrogen-bond acceptors (Lipinski definition) is 4. The molecule has 1 unspecified atom stereocenters. The minimum Gasteiger partial charge on any atom is -0.339 e. The molecule has 0 aliphatic heterocycles. The molecule has 0 spiro atoms. The van der Waals surface area contributed by atoms with Crippen LogP contribution in [0.4, 0.5) is 0 Å². The first-order valence-electron chi connectivity index (χ1n) is 5.64. The molecule has 96 valence electrons. The Morgan fingerprint density at radius 2 is 2.17 bits per heavy atom. The van der Waals surface area contributed by atoms with Gasteiger partial charge in [0.05, 0.1) is 6.04 Å². The lowest BCUT2D eigenvalue weighted by Crippen LogP contribution is -2.14. The smallest absolute Gasteiger partial charge is 0.226 e. The quantitative estimate of drug-likeness (QED) is 0.935. The van der Waals surface area contributed by atoms with E-state index in [-0.39, 0.29) is 0 Å². The zero-order valence-corrected chi connectivity index (χ0v) is 11.4. The number of hydrogen-bond donors (Lipinski definition) is 1. The van der Waals surface area contributed by atoms with Crippen LogP contribution >= 0.6 is 23.2 Å². The molecule has 2 rings (SSSR count). The minimum absolute atomic E-state index is 0.419. The molecule has 0 aliphatic carbocycles. The number of nitrogens with two attached hydrogens (primary N) is 1. The first kappa shape index (κ1) is 13.3. The maximum Gasteiger partial charge on any atom is 0.226 e. The van der Waals surface area contributed by atoms with Crippen molar-refractivity contribution >= 4 is 23.2 Å². The van der Waals surface area contributed by atoms with Crippen molar-refractivity contribution in [3.8, 4) is 0 Å². The molecular formula is C12H13Cl2N3O. The minimum atomic E-state index is -0.537. The Balaban J connectivity index is 2.29. The van der Waals surface area contributed by atoms with Crippen molar-refractivity contribution < 1.29 is 4.52 Å². The van der Waals surface area contributed by atoms with Crippen molar-refractivity contribution in [1.82, 2.24) is 10.1 Å². The largest absolute Gasteiger partial charge is 0.339 e. The summed E-state index contributed by atoms with van der Waals surface area (Å²) >= 11 is 12.0. The van der Waals surface area contributed by atoms with Gasteiger partial charge in [-0.2, -0.15) is 4.98 Å². The zero-order valence-electron chi connectivity index (χ0n) is 9.86. The molecule has 2 aromatic rings. The van der Waals surface area contributed by atoms with E-state index in [1.165, 1.54) is 0 Å². The van der Waals surface area contributed by atoms with Crippen molar-refractivity contribution in [1.29, 1.82) is 0 Å². The highest BCUT2D eigenvalue weighted by molar-refractivity contribution is 6.33. The van der Waals surface area contributed by atoms with Crippen LogP contribution in [-0.4, -0.2) is 10.1 Å². The van der Waals surface area contributed by atoms with Gasteiger partial charge in [-0.15, -0.1) is 0 Å². The molecular weight excluding hydrogens is 273 g/mol. The average molecular weight is 286 g/mol. The van der Waals surface area contributed by atoms with Crippen LogP contribution in [0.5, 0.6) is 0 Å². The van der Waals surface area contributed by atoms with Crippen molar-refractivity contribution in [2.24, 2.45) is 5.73 Å². The fraction of sp³-hybridized carbons (Fsp3) is 0.333. The van der Waals surface area contributed by atoms with Gasteiger partial charge in [-0.05, 0) is 30.2 Å².